The van der Waals surface area contributed by atoms with Gasteiger partial charge < -0.3 is 35.2 Å². The number of fused-ring (bicyclic) bond motifs is 1. The summed E-state index contributed by atoms with van der Waals surface area (Å²) < 4.78 is 31.3. The van der Waals surface area contributed by atoms with Gasteiger partial charge in [-0.25, -0.2) is 9.36 Å². The molecule has 2 heterocycles. The van der Waals surface area contributed by atoms with Gasteiger partial charge in [-0.1, -0.05) is 33.6 Å². The molecule has 2 saturated heterocycles. The van der Waals surface area contributed by atoms with Crippen LogP contribution in [0, 0.1) is 0 Å². The molecule has 0 spiro atoms. The molecule has 2 rings (SSSR count). The fraction of sp³-hybridized carbons (Fsp3) is 0.880. The predicted molar refractivity (Wildman–Crippen MR) is 154 cm³/mol. The summed E-state index contributed by atoms with van der Waals surface area (Å²) in [7, 11) is -4.34. The summed E-state index contributed by atoms with van der Waals surface area (Å²) in [4.78, 5) is 45.5. The minimum atomic E-state index is -4.34. The summed E-state index contributed by atoms with van der Waals surface area (Å²) in [5.41, 5.74) is 0. The molecule has 3 unspecified atom stereocenters. The van der Waals surface area contributed by atoms with Crippen LogP contribution in [0.4, 0.5) is 4.79 Å². The van der Waals surface area contributed by atoms with Crippen molar-refractivity contribution < 1.29 is 42.4 Å². The van der Waals surface area contributed by atoms with Crippen LogP contribution in [0.2, 0.25) is 0 Å². The van der Waals surface area contributed by atoms with E-state index in [-0.39, 0.29) is 31.3 Å². The molecule has 0 aliphatic carbocycles. The van der Waals surface area contributed by atoms with Gasteiger partial charge in [0, 0.05) is 31.4 Å². The molecular formula is C25H49N4O9PS. The summed E-state index contributed by atoms with van der Waals surface area (Å²) in [5.74, 6) is -0.250. The Morgan fingerprint density at radius 2 is 1.75 bits per heavy atom. The lowest BCUT2D eigenvalue weighted by atomic mass is 10.0. The fourth-order valence-corrected chi connectivity index (χ4v) is 6.51. The Bertz CT molecular complexity index is 801. The molecule has 0 bridgehead atoms. The number of thioether (sulfide) groups is 1. The second-order valence-electron chi connectivity index (χ2n) is 9.47. The average Bonchev–Trinajstić information content (AvgIpc) is 3.45. The van der Waals surface area contributed by atoms with Crippen LogP contribution in [0.15, 0.2) is 0 Å². The van der Waals surface area contributed by atoms with E-state index in [0.29, 0.717) is 11.8 Å². The molecule has 13 nitrogen and oxygen atoms in total. The third-order valence-electron chi connectivity index (χ3n) is 6.38. The summed E-state index contributed by atoms with van der Waals surface area (Å²) in [5, 5.41) is 9.54. The number of amides is 2. The zero-order valence-electron chi connectivity index (χ0n) is 24.5. The molecule has 40 heavy (non-hydrogen) atoms. The average molecular weight is 613 g/mol. The van der Waals surface area contributed by atoms with Crippen molar-refractivity contribution >= 4 is 37.6 Å². The van der Waals surface area contributed by atoms with Crippen LogP contribution in [0.1, 0.15) is 60.3 Å². The van der Waals surface area contributed by atoms with E-state index in [2.05, 4.69) is 41.6 Å². The number of carbonyl (C=O) groups excluding carboxylic acids is 3. The van der Waals surface area contributed by atoms with E-state index < -0.39 is 32.5 Å². The predicted octanol–water partition coefficient (Wildman–Crippen LogP) is 2.28. The molecule has 0 aromatic heterocycles. The number of phosphoric acid groups is 1. The first-order chi connectivity index (χ1) is 19.0. The first-order valence-corrected chi connectivity index (χ1v) is 16.6. The number of rotatable bonds is 19. The van der Waals surface area contributed by atoms with Crippen LogP contribution in [-0.2, 0) is 32.7 Å². The highest BCUT2D eigenvalue weighted by atomic mass is 32.2. The van der Waals surface area contributed by atoms with Crippen LogP contribution in [-0.4, -0.2) is 109 Å². The Morgan fingerprint density at radius 1 is 1.05 bits per heavy atom. The Balaban J connectivity index is 0.00000101. The normalized spacial score (nSPS) is 21.9. The number of nitrogens with zero attached hydrogens (tertiary/aromatic N) is 1. The summed E-state index contributed by atoms with van der Waals surface area (Å²) >= 11 is 1.91. The van der Waals surface area contributed by atoms with E-state index in [4.69, 9.17) is 18.5 Å². The Morgan fingerprint density at radius 3 is 2.35 bits per heavy atom. The Labute approximate surface area is 242 Å². The van der Waals surface area contributed by atoms with Crippen molar-refractivity contribution in [2.45, 2.75) is 83.7 Å². The number of phosphoric ester groups is 1. The third-order valence-corrected chi connectivity index (χ3v) is 8.88. The lowest BCUT2D eigenvalue weighted by molar-refractivity contribution is -0.158. The number of esters is 2. The maximum atomic E-state index is 11.9. The molecule has 5 atom stereocenters. The second-order valence-corrected chi connectivity index (χ2v) is 12.2. The van der Waals surface area contributed by atoms with Gasteiger partial charge in [-0.15, -0.1) is 0 Å². The van der Waals surface area contributed by atoms with Gasteiger partial charge in [0.15, 0.2) is 6.10 Å². The molecule has 2 fully saturated rings. The van der Waals surface area contributed by atoms with Gasteiger partial charge >= 0.3 is 25.8 Å². The van der Waals surface area contributed by atoms with Crippen molar-refractivity contribution in [1.82, 2.24) is 20.9 Å². The highest BCUT2D eigenvalue weighted by molar-refractivity contribution is 8.00. The minimum absolute atomic E-state index is 0.0373. The number of hydrogen-bond acceptors (Lipinski definition) is 11. The molecule has 0 aromatic carbocycles. The van der Waals surface area contributed by atoms with E-state index in [1.54, 1.807) is 0 Å². The van der Waals surface area contributed by atoms with Crippen molar-refractivity contribution in [3.8, 4) is 0 Å². The summed E-state index contributed by atoms with van der Waals surface area (Å²) in [6.45, 7) is 12.8. The second kappa shape index (κ2) is 20.5. The molecular weight excluding hydrogens is 563 g/mol. The molecule has 0 saturated carbocycles. The van der Waals surface area contributed by atoms with Gasteiger partial charge in [-0.3, -0.25) is 18.6 Å². The topological polar surface area (TPSA) is 165 Å². The number of unbranched alkanes of at least 4 members (excludes halogenated alkanes) is 2. The fourth-order valence-electron chi connectivity index (χ4n) is 4.22. The first kappa shape index (κ1) is 36.6. The van der Waals surface area contributed by atoms with Gasteiger partial charge in [-0.2, -0.15) is 11.8 Å². The van der Waals surface area contributed by atoms with E-state index in [9.17, 15) is 23.8 Å². The van der Waals surface area contributed by atoms with Crippen LogP contribution in [0.3, 0.4) is 0 Å². The van der Waals surface area contributed by atoms with E-state index in [1.165, 1.54) is 26.6 Å². The Kier molecular flexibility index (Phi) is 18.7. The van der Waals surface area contributed by atoms with Gasteiger partial charge in [0.05, 0.1) is 25.3 Å². The van der Waals surface area contributed by atoms with E-state index in [0.717, 1.165) is 44.9 Å². The molecule has 2 aliphatic rings. The lowest BCUT2D eigenvalue weighted by Gasteiger charge is -2.18. The van der Waals surface area contributed by atoms with Gasteiger partial charge in [0.2, 0.25) is 0 Å². The van der Waals surface area contributed by atoms with Gasteiger partial charge in [0.25, 0.3) is 0 Å². The smallest absolute Gasteiger partial charge is 0.462 e. The number of nitrogens with one attached hydrogen (secondary N) is 3. The minimum Gasteiger partial charge on any atom is -0.462 e. The molecule has 2 amide bonds. The van der Waals surface area contributed by atoms with Crippen LogP contribution >= 0.6 is 19.6 Å². The molecule has 234 valence electrons. The van der Waals surface area contributed by atoms with Crippen LogP contribution in [0.5, 0.6) is 0 Å². The van der Waals surface area contributed by atoms with Crippen molar-refractivity contribution in [2.75, 3.05) is 58.3 Å². The largest absolute Gasteiger partial charge is 0.472 e. The molecule has 4 N–H and O–H groups in total. The number of ether oxygens (including phenoxy) is 2. The zero-order valence-corrected chi connectivity index (χ0v) is 26.2. The molecule has 0 aromatic rings. The van der Waals surface area contributed by atoms with Crippen LogP contribution in [0.25, 0.3) is 0 Å². The monoisotopic (exact) mass is 612 g/mol. The first-order valence-electron chi connectivity index (χ1n) is 14.0. The van der Waals surface area contributed by atoms with E-state index >= 15 is 0 Å². The zero-order chi connectivity index (χ0) is 30.0. The van der Waals surface area contributed by atoms with Crippen LogP contribution < -0.4 is 16.0 Å². The Hall–Kier alpha value is -1.41. The maximum absolute atomic E-state index is 11.9. The van der Waals surface area contributed by atoms with Gasteiger partial charge in [0.1, 0.15) is 6.61 Å². The number of urea groups is 1. The van der Waals surface area contributed by atoms with Crippen molar-refractivity contribution in [2.24, 2.45) is 0 Å². The highest BCUT2D eigenvalue weighted by Crippen LogP contribution is 2.43. The SMILES string of the molecule is CC(=O)OCC(COP(=O)(O)OCCNCCCCCC1SC[C@@H]2NC(=O)N[C@H]12)OC(C)=O.CCN(CC)CC. The molecule has 0 radical (unpaired) electrons. The lowest BCUT2D eigenvalue weighted by Crippen LogP contribution is -2.36. The summed E-state index contributed by atoms with van der Waals surface area (Å²) in [6.07, 6.45) is 3.14. The third kappa shape index (κ3) is 16.1. The maximum Gasteiger partial charge on any atom is 0.472 e. The van der Waals surface area contributed by atoms with E-state index in [1.807, 2.05) is 11.8 Å². The van der Waals surface area contributed by atoms with Gasteiger partial charge in [-0.05, 0) is 39.0 Å². The molecule has 15 heteroatoms. The number of carbonyl (C=O) groups is 3. The highest BCUT2D eigenvalue weighted by Gasteiger charge is 2.42. The summed E-state index contributed by atoms with van der Waals surface area (Å²) in [6, 6.07) is 0.424. The number of hydrogen-bond donors (Lipinski definition) is 4. The standard InChI is InChI=1S/C19H34N3O9PS.C6H15N/c1-13(23)28-10-15(31-14(2)24)11-30-32(26,27)29-9-8-20-7-5-3-4-6-17-18-16(12-33-17)21-19(25)22-18;1-4-7(5-2)6-3/h15-18,20H,3-12H2,1-2H3,(H,26,27)(H2,21,22,25);4-6H2,1-3H3/t15?,16-,17?,18-;/m0./s1. The van der Waals surface area contributed by atoms with Crippen molar-refractivity contribution in [3.63, 3.8) is 0 Å². The quantitative estimate of drug-likeness (QED) is 0.0729. The van der Waals surface area contributed by atoms with Crippen molar-refractivity contribution in [1.29, 1.82) is 0 Å². The van der Waals surface area contributed by atoms with Crippen molar-refractivity contribution in [3.05, 3.63) is 0 Å². The molecule has 2 aliphatic heterocycles.